The summed E-state index contributed by atoms with van der Waals surface area (Å²) in [4.78, 5) is 25.1. The smallest absolute Gasteiger partial charge is 0.303 e. The molecule has 1 N–H and O–H groups in total. The quantitative estimate of drug-likeness (QED) is 0.779. The predicted octanol–water partition coefficient (Wildman–Crippen LogP) is 2.68. The molecule has 0 spiro atoms. The van der Waals surface area contributed by atoms with Gasteiger partial charge in [-0.05, 0) is 62.4 Å². The minimum Gasteiger partial charge on any atom is -0.455 e. The van der Waals surface area contributed by atoms with Crippen molar-refractivity contribution in [2.24, 2.45) is 17.8 Å². The molecule has 138 valence electrons. The van der Waals surface area contributed by atoms with Crippen molar-refractivity contribution < 1.29 is 19.4 Å². The highest BCUT2D eigenvalue weighted by Crippen LogP contribution is 2.61. The molecule has 1 aliphatic heterocycles. The Balaban J connectivity index is 1.57. The fourth-order valence-corrected chi connectivity index (χ4v) is 7.98. The van der Waals surface area contributed by atoms with Crippen LogP contribution in [0.15, 0.2) is 12.3 Å². The maximum atomic E-state index is 12.1. The van der Waals surface area contributed by atoms with Gasteiger partial charge in [-0.1, -0.05) is 0 Å². The Kier molecular flexibility index (Phi) is 4.39. The van der Waals surface area contributed by atoms with Crippen molar-refractivity contribution in [1.82, 2.24) is 4.90 Å². The Bertz CT molecular complexity index is 569. The summed E-state index contributed by atoms with van der Waals surface area (Å²) < 4.78 is 5.42. The van der Waals surface area contributed by atoms with Crippen LogP contribution in [0.2, 0.25) is 0 Å². The molecule has 4 saturated carbocycles. The lowest BCUT2D eigenvalue weighted by Crippen LogP contribution is -2.55. The minimum atomic E-state index is -0.893. The molecule has 0 aromatic heterocycles. The molecule has 0 aromatic rings. The molecule has 4 fully saturated rings. The number of rotatable bonds is 3. The van der Waals surface area contributed by atoms with Gasteiger partial charge in [0.1, 0.15) is 11.5 Å². The Morgan fingerprint density at radius 2 is 1.68 bits per heavy atom. The van der Waals surface area contributed by atoms with E-state index in [0.717, 1.165) is 17.8 Å². The number of hydrogen-bond donors (Lipinski definition) is 1. The number of carbonyl (C=O) groups is 2. The first-order valence-electron chi connectivity index (χ1n) is 9.35. The van der Waals surface area contributed by atoms with Gasteiger partial charge in [-0.3, -0.25) is 9.59 Å². The van der Waals surface area contributed by atoms with Crippen LogP contribution in [0.5, 0.6) is 0 Å². The maximum absolute atomic E-state index is 12.1. The Morgan fingerprint density at radius 3 is 2.16 bits per heavy atom. The van der Waals surface area contributed by atoms with Crippen molar-refractivity contribution in [2.45, 2.75) is 74.7 Å². The molecule has 4 bridgehead atoms. The lowest BCUT2D eigenvalue weighted by molar-refractivity contribution is -0.151. The van der Waals surface area contributed by atoms with Gasteiger partial charge < -0.3 is 14.7 Å². The third kappa shape index (κ3) is 3.23. The summed E-state index contributed by atoms with van der Waals surface area (Å²) in [6.45, 7) is 2.87. The van der Waals surface area contributed by atoms with Crippen LogP contribution >= 0.6 is 11.8 Å². The van der Waals surface area contributed by atoms with E-state index >= 15 is 0 Å². The summed E-state index contributed by atoms with van der Waals surface area (Å²) in [6.07, 6.45) is 9.39. The molecule has 5 aliphatic rings. The van der Waals surface area contributed by atoms with E-state index in [9.17, 15) is 14.7 Å². The van der Waals surface area contributed by atoms with Crippen molar-refractivity contribution in [3.63, 3.8) is 0 Å². The Morgan fingerprint density at radius 1 is 1.12 bits per heavy atom. The molecule has 5 rings (SSSR count). The van der Waals surface area contributed by atoms with Crippen molar-refractivity contribution in [3.8, 4) is 0 Å². The standard InChI is InChI=1S/C19H27NO4S/c1-11(21)20-4-3-16(24-12(2)22)17(23)18(20)25-19-8-13-5-14(9-19)7-15(6-13)10-19/h3-4,13-18,23H,5-10H2,1-2H3/t13?,14?,15?,16-,17+,18-,19?/m0/s1. The maximum Gasteiger partial charge on any atom is 0.303 e. The molecule has 3 atom stereocenters. The second kappa shape index (κ2) is 6.31. The largest absolute Gasteiger partial charge is 0.455 e. The third-order valence-electron chi connectivity index (χ3n) is 6.36. The monoisotopic (exact) mass is 365 g/mol. The predicted molar refractivity (Wildman–Crippen MR) is 95.5 cm³/mol. The number of amides is 1. The van der Waals surface area contributed by atoms with Crippen LogP contribution in [0.4, 0.5) is 0 Å². The Labute approximate surface area is 153 Å². The molecule has 0 unspecified atom stereocenters. The van der Waals surface area contributed by atoms with Crippen LogP contribution in [0.3, 0.4) is 0 Å². The van der Waals surface area contributed by atoms with Crippen LogP contribution in [0, 0.1) is 17.8 Å². The van der Waals surface area contributed by atoms with Crippen LogP contribution < -0.4 is 0 Å². The third-order valence-corrected chi connectivity index (χ3v) is 8.11. The van der Waals surface area contributed by atoms with Gasteiger partial charge in [0, 0.05) is 24.8 Å². The number of ether oxygens (including phenoxy) is 1. The normalized spacial score (nSPS) is 44.8. The number of aliphatic hydroxyl groups excluding tert-OH is 1. The zero-order valence-electron chi connectivity index (χ0n) is 14.9. The average Bonchev–Trinajstić information content (AvgIpc) is 2.49. The van der Waals surface area contributed by atoms with Crippen molar-refractivity contribution in [1.29, 1.82) is 0 Å². The van der Waals surface area contributed by atoms with E-state index in [0.29, 0.717) is 0 Å². The summed E-state index contributed by atoms with van der Waals surface area (Å²) in [5.41, 5.74) is 0. The van der Waals surface area contributed by atoms with Crippen LogP contribution in [-0.4, -0.2) is 44.2 Å². The van der Waals surface area contributed by atoms with Crippen molar-refractivity contribution in [2.75, 3.05) is 0 Å². The van der Waals surface area contributed by atoms with E-state index in [1.165, 1.54) is 52.4 Å². The fraction of sp³-hybridized carbons (Fsp3) is 0.789. The molecule has 25 heavy (non-hydrogen) atoms. The number of aliphatic hydroxyl groups is 1. The lowest BCUT2D eigenvalue weighted by atomic mass is 9.56. The second-order valence-electron chi connectivity index (χ2n) is 8.44. The number of nitrogens with zero attached hydrogens (tertiary/aromatic N) is 1. The van der Waals surface area contributed by atoms with Gasteiger partial charge in [0.15, 0.2) is 6.10 Å². The SMILES string of the molecule is CC(=O)O[C@H]1C=CN(C(C)=O)[C@@H](SC23CC4CC(CC(C4)C2)C3)[C@@H]1O. The molecule has 1 heterocycles. The molecule has 4 aliphatic carbocycles. The summed E-state index contributed by atoms with van der Waals surface area (Å²) in [5, 5.41) is 10.5. The highest BCUT2D eigenvalue weighted by Gasteiger charge is 2.54. The first-order chi connectivity index (χ1) is 11.8. The van der Waals surface area contributed by atoms with Crippen LogP contribution in [0.25, 0.3) is 0 Å². The summed E-state index contributed by atoms with van der Waals surface area (Å²) in [7, 11) is 0. The highest BCUT2D eigenvalue weighted by atomic mass is 32.2. The van der Waals surface area contributed by atoms with E-state index in [1.54, 1.807) is 28.9 Å². The van der Waals surface area contributed by atoms with Gasteiger partial charge >= 0.3 is 5.97 Å². The minimum absolute atomic E-state index is 0.0844. The first kappa shape index (κ1) is 17.4. The average molecular weight is 365 g/mol. The summed E-state index contributed by atoms with van der Waals surface area (Å²) in [6, 6.07) is 0. The van der Waals surface area contributed by atoms with E-state index in [1.807, 2.05) is 0 Å². The van der Waals surface area contributed by atoms with Crippen LogP contribution in [-0.2, 0) is 14.3 Å². The molecule has 0 saturated heterocycles. The number of thioether (sulfide) groups is 1. The number of esters is 1. The fourth-order valence-electron chi connectivity index (χ4n) is 5.85. The molecule has 1 amide bonds. The van der Waals surface area contributed by atoms with Crippen molar-refractivity contribution in [3.05, 3.63) is 12.3 Å². The van der Waals surface area contributed by atoms with E-state index < -0.39 is 18.2 Å². The van der Waals surface area contributed by atoms with E-state index in [-0.39, 0.29) is 16.0 Å². The zero-order valence-corrected chi connectivity index (χ0v) is 15.7. The number of carbonyl (C=O) groups excluding carboxylic acids is 2. The zero-order chi connectivity index (χ0) is 17.8. The van der Waals surface area contributed by atoms with Gasteiger partial charge in [0.05, 0.1) is 0 Å². The van der Waals surface area contributed by atoms with Gasteiger partial charge in [-0.15, -0.1) is 11.8 Å². The van der Waals surface area contributed by atoms with Gasteiger partial charge in [-0.25, -0.2) is 0 Å². The first-order valence-corrected chi connectivity index (χ1v) is 10.2. The number of hydrogen-bond acceptors (Lipinski definition) is 5. The lowest BCUT2D eigenvalue weighted by Gasteiger charge is -2.58. The molecule has 5 nitrogen and oxygen atoms in total. The Hall–Kier alpha value is -1.01. The highest BCUT2D eigenvalue weighted by molar-refractivity contribution is 8.01. The molecule has 6 heteroatoms. The van der Waals surface area contributed by atoms with Crippen molar-refractivity contribution >= 4 is 23.6 Å². The second-order valence-corrected chi connectivity index (χ2v) is 10.0. The topological polar surface area (TPSA) is 66.8 Å². The summed E-state index contributed by atoms with van der Waals surface area (Å²) >= 11 is 1.77. The van der Waals surface area contributed by atoms with E-state index in [4.69, 9.17) is 4.74 Å². The van der Waals surface area contributed by atoms with Gasteiger partial charge in [-0.2, -0.15) is 0 Å². The van der Waals surface area contributed by atoms with Crippen LogP contribution in [0.1, 0.15) is 52.4 Å². The van der Waals surface area contributed by atoms with Gasteiger partial charge in [0.2, 0.25) is 5.91 Å². The van der Waals surface area contributed by atoms with E-state index in [2.05, 4.69) is 0 Å². The molecule has 0 radical (unpaired) electrons. The molecular weight excluding hydrogens is 338 g/mol. The van der Waals surface area contributed by atoms with Gasteiger partial charge in [0.25, 0.3) is 0 Å². The molecular formula is C19H27NO4S. The molecule has 0 aromatic carbocycles. The summed E-state index contributed by atoms with van der Waals surface area (Å²) in [5.74, 6) is 1.93.